The molecule has 0 spiro atoms. The predicted octanol–water partition coefficient (Wildman–Crippen LogP) is -0.649. The summed E-state index contributed by atoms with van der Waals surface area (Å²) < 4.78 is 4.91. The molecule has 86 valence electrons. The van der Waals surface area contributed by atoms with Crippen molar-refractivity contribution in [2.24, 2.45) is 0 Å². The number of hydrogen-bond acceptors (Lipinski definition) is 5. The molecule has 0 aromatic carbocycles. The van der Waals surface area contributed by atoms with Gasteiger partial charge in [-0.1, -0.05) is 12.2 Å². The fraction of sp³-hybridized carbons (Fsp3) is 0.700. The highest BCUT2D eigenvalue weighted by atomic mass is 16.5. The van der Waals surface area contributed by atoms with Crippen molar-refractivity contribution in [3.8, 4) is 0 Å². The van der Waals surface area contributed by atoms with Crippen molar-refractivity contribution in [1.82, 2.24) is 0 Å². The second kappa shape index (κ2) is 5.25. The van der Waals surface area contributed by atoms with Gasteiger partial charge in [0.05, 0.1) is 24.7 Å². The van der Waals surface area contributed by atoms with Crippen LogP contribution in [0.3, 0.4) is 0 Å². The van der Waals surface area contributed by atoms with Crippen LogP contribution in [-0.2, 0) is 9.53 Å². The summed E-state index contributed by atoms with van der Waals surface area (Å²) in [6.45, 7) is 1.63. The highest BCUT2D eigenvalue weighted by Gasteiger charge is 2.22. The van der Waals surface area contributed by atoms with Crippen molar-refractivity contribution in [1.29, 1.82) is 0 Å². The van der Waals surface area contributed by atoms with E-state index in [1.54, 1.807) is 6.92 Å². The molecule has 0 saturated heterocycles. The Morgan fingerprint density at radius 1 is 1.33 bits per heavy atom. The lowest BCUT2D eigenvalue weighted by Gasteiger charge is -2.21. The van der Waals surface area contributed by atoms with E-state index in [2.05, 4.69) is 0 Å². The van der Waals surface area contributed by atoms with Gasteiger partial charge in [0.2, 0.25) is 0 Å². The van der Waals surface area contributed by atoms with Crippen LogP contribution in [0, 0.1) is 0 Å². The smallest absolute Gasteiger partial charge is 0.309 e. The SMILES string of the molecule is CC1CC(O)C(O)C=CC(O)CC(=O)O1. The first-order valence-electron chi connectivity index (χ1n) is 4.91. The average molecular weight is 216 g/mol. The summed E-state index contributed by atoms with van der Waals surface area (Å²) in [5.74, 6) is -0.511. The molecule has 1 heterocycles. The van der Waals surface area contributed by atoms with Crippen molar-refractivity contribution in [3.63, 3.8) is 0 Å². The first-order chi connectivity index (χ1) is 6.99. The summed E-state index contributed by atoms with van der Waals surface area (Å²) in [4.78, 5) is 11.1. The molecule has 0 amide bonds. The molecule has 1 aliphatic rings. The van der Waals surface area contributed by atoms with Crippen LogP contribution in [0.2, 0.25) is 0 Å². The molecule has 5 heteroatoms. The van der Waals surface area contributed by atoms with Gasteiger partial charge in [-0.25, -0.2) is 0 Å². The molecule has 1 aliphatic heterocycles. The highest BCUT2D eigenvalue weighted by Crippen LogP contribution is 2.11. The van der Waals surface area contributed by atoms with E-state index in [9.17, 15) is 20.1 Å². The lowest BCUT2D eigenvalue weighted by atomic mass is 10.0. The Labute approximate surface area is 88.0 Å². The minimum Gasteiger partial charge on any atom is -0.462 e. The number of ether oxygens (including phenoxy) is 1. The number of carbonyl (C=O) groups is 1. The van der Waals surface area contributed by atoms with Gasteiger partial charge in [0.1, 0.15) is 6.10 Å². The minimum atomic E-state index is -1.04. The Bertz CT molecular complexity index is 250. The maximum Gasteiger partial charge on any atom is 0.309 e. The Balaban J connectivity index is 2.72. The van der Waals surface area contributed by atoms with Crippen LogP contribution in [0.5, 0.6) is 0 Å². The van der Waals surface area contributed by atoms with E-state index < -0.39 is 30.4 Å². The standard InChI is InChI=1S/C10H16O5/c1-6-4-9(13)8(12)3-2-7(11)5-10(14)15-6/h2-3,6-9,11-13H,4-5H2,1H3. The number of esters is 1. The molecule has 4 unspecified atom stereocenters. The fourth-order valence-electron chi connectivity index (χ4n) is 1.41. The maximum atomic E-state index is 11.1. The maximum absolute atomic E-state index is 11.1. The number of hydrogen-bond donors (Lipinski definition) is 3. The molecule has 1 rings (SSSR count). The number of aliphatic hydroxyl groups is 3. The molecule has 0 aromatic rings. The molecule has 0 aliphatic carbocycles. The van der Waals surface area contributed by atoms with Crippen molar-refractivity contribution in [3.05, 3.63) is 12.2 Å². The zero-order valence-electron chi connectivity index (χ0n) is 8.54. The number of rotatable bonds is 0. The zero-order chi connectivity index (χ0) is 11.4. The molecule has 15 heavy (non-hydrogen) atoms. The van der Waals surface area contributed by atoms with Crippen LogP contribution in [0.4, 0.5) is 0 Å². The van der Waals surface area contributed by atoms with Crippen LogP contribution in [-0.4, -0.2) is 45.7 Å². The Morgan fingerprint density at radius 3 is 2.67 bits per heavy atom. The first-order valence-corrected chi connectivity index (χ1v) is 4.91. The summed E-state index contributed by atoms with van der Waals surface area (Å²) >= 11 is 0. The number of carbonyl (C=O) groups excluding carboxylic acids is 1. The monoisotopic (exact) mass is 216 g/mol. The van der Waals surface area contributed by atoms with Gasteiger partial charge in [0.15, 0.2) is 0 Å². The molecular formula is C10H16O5. The number of aliphatic hydroxyl groups excluding tert-OH is 3. The van der Waals surface area contributed by atoms with Crippen LogP contribution in [0.1, 0.15) is 19.8 Å². The van der Waals surface area contributed by atoms with Crippen molar-refractivity contribution in [2.45, 2.75) is 44.2 Å². The zero-order valence-corrected chi connectivity index (χ0v) is 8.54. The number of cyclic esters (lactones) is 1. The van der Waals surface area contributed by atoms with E-state index in [1.807, 2.05) is 0 Å². The van der Waals surface area contributed by atoms with Crippen LogP contribution >= 0.6 is 0 Å². The van der Waals surface area contributed by atoms with Gasteiger partial charge < -0.3 is 20.1 Å². The van der Waals surface area contributed by atoms with Gasteiger partial charge in [-0.15, -0.1) is 0 Å². The summed E-state index contributed by atoms with van der Waals surface area (Å²) in [7, 11) is 0. The van der Waals surface area contributed by atoms with E-state index in [4.69, 9.17) is 4.74 Å². The minimum absolute atomic E-state index is 0.135. The van der Waals surface area contributed by atoms with E-state index in [-0.39, 0.29) is 12.8 Å². The summed E-state index contributed by atoms with van der Waals surface area (Å²) in [5.41, 5.74) is 0. The second-order valence-corrected chi connectivity index (χ2v) is 3.75. The third-order valence-corrected chi connectivity index (χ3v) is 2.21. The Morgan fingerprint density at radius 2 is 2.00 bits per heavy atom. The van der Waals surface area contributed by atoms with Crippen molar-refractivity contribution < 1.29 is 24.9 Å². The molecule has 5 nitrogen and oxygen atoms in total. The topological polar surface area (TPSA) is 87.0 Å². The van der Waals surface area contributed by atoms with Gasteiger partial charge in [-0.05, 0) is 6.92 Å². The molecule has 4 atom stereocenters. The van der Waals surface area contributed by atoms with Gasteiger partial charge in [0.25, 0.3) is 0 Å². The molecule has 0 bridgehead atoms. The van der Waals surface area contributed by atoms with Crippen LogP contribution in [0.15, 0.2) is 12.2 Å². The third kappa shape index (κ3) is 3.99. The van der Waals surface area contributed by atoms with Gasteiger partial charge >= 0.3 is 5.97 Å². The predicted molar refractivity (Wildman–Crippen MR) is 51.9 cm³/mol. The van der Waals surface area contributed by atoms with Crippen LogP contribution in [0.25, 0.3) is 0 Å². The Hall–Kier alpha value is -0.910. The molecule has 0 aromatic heterocycles. The average Bonchev–Trinajstić information content (AvgIpc) is 2.12. The fourth-order valence-corrected chi connectivity index (χ4v) is 1.41. The molecule has 0 saturated carbocycles. The summed E-state index contributed by atoms with van der Waals surface area (Å²) in [5, 5.41) is 28.2. The first kappa shape index (κ1) is 12.2. The highest BCUT2D eigenvalue weighted by molar-refractivity contribution is 5.70. The second-order valence-electron chi connectivity index (χ2n) is 3.75. The molecule has 3 N–H and O–H groups in total. The third-order valence-electron chi connectivity index (χ3n) is 2.21. The van der Waals surface area contributed by atoms with E-state index in [0.29, 0.717) is 0 Å². The lowest BCUT2D eigenvalue weighted by Crippen LogP contribution is -2.31. The summed E-state index contributed by atoms with van der Waals surface area (Å²) in [6.07, 6.45) is -0.873. The molecule has 0 fully saturated rings. The van der Waals surface area contributed by atoms with E-state index in [1.165, 1.54) is 12.2 Å². The lowest BCUT2D eigenvalue weighted by molar-refractivity contribution is -0.151. The van der Waals surface area contributed by atoms with Crippen LogP contribution < -0.4 is 0 Å². The quantitative estimate of drug-likeness (QED) is 0.370. The van der Waals surface area contributed by atoms with Gasteiger partial charge in [-0.3, -0.25) is 4.79 Å². The normalized spacial score (nSPS) is 38.5. The van der Waals surface area contributed by atoms with E-state index in [0.717, 1.165) is 0 Å². The molecule has 0 radical (unpaired) electrons. The van der Waals surface area contributed by atoms with Gasteiger partial charge in [0, 0.05) is 6.42 Å². The van der Waals surface area contributed by atoms with Gasteiger partial charge in [-0.2, -0.15) is 0 Å². The van der Waals surface area contributed by atoms with E-state index >= 15 is 0 Å². The molecular weight excluding hydrogens is 200 g/mol. The Kier molecular flexibility index (Phi) is 4.26. The summed E-state index contributed by atoms with van der Waals surface area (Å²) in [6, 6.07) is 0. The largest absolute Gasteiger partial charge is 0.462 e. The van der Waals surface area contributed by atoms with Crippen molar-refractivity contribution >= 4 is 5.97 Å². The van der Waals surface area contributed by atoms with Crippen molar-refractivity contribution in [2.75, 3.05) is 0 Å².